The van der Waals surface area contributed by atoms with Crippen LogP contribution in [0.4, 0.5) is 16.2 Å². The van der Waals surface area contributed by atoms with Crippen molar-refractivity contribution in [3.63, 3.8) is 0 Å². The zero-order chi connectivity index (χ0) is 13.2. The van der Waals surface area contributed by atoms with Crippen LogP contribution < -0.4 is 5.32 Å². The average Bonchev–Trinajstić information content (AvgIpc) is 3.02. The number of hydrogen-bond donors (Lipinski definition) is 2. The molecule has 0 aromatic carbocycles. The Kier molecular flexibility index (Phi) is 2.84. The number of fused-ring (bicyclic) bond motifs is 1. The lowest BCUT2D eigenvalue weighted by Crippen LogP contribution is -2.02. The van der Waals surface area contributed by atoms with Gasteiger partial charge in [-0.15, -0.1) is 0 Å². The summed E-state index contributed by atoms with van der Waals surface area (Å²) in [6.45, 7) is 0.308. The normalized spacial score (nSPS) is 11.1. The first-order valence-electron chi connectivity index (χ1n) is 5.56. The van der Waals surface area contributed by atoms with E-state index in [0.717, 1.165) is 6.20 Å². The Morgan fingerprint density at radius 3 is 3.16 bits per heavy atom. The average molecular weight is 262 g/mol. The van der Waals surface area contributed by atoms with Gasteiger partial charge in [0.05, 0.1) is 18.5 Å². The van der Waals surface area contributed by atoms with Crippen LogP contribution >= 0.6 is 0 Å². The Balaban J connectivity index is 2.06. The van der Waals surface area contributed by atoms with Crippen LogP contribution in [-0.4, -0.2) is 31.7 Å². The maximum Gasteiger partial charge on any atom is 0.214 e. The fraction of sp³-hybridized carbons (Fsp3) is 0.182. The van der Waals surface area contributed by atoms with Crippen LogP contribution in [0.1, 0.15) is 5.69 Å². The largest absolute Gasteiger partial charge is 0.378 e. The Labute approximate surface area is 107 Å². The van der Waals surface area contributed by atoms with Crippen LogP contribution in [0.15, 0.2) is 24.7 Å². The summed E-state index contributed by atoms with van der Waals surface area (Å²) in [7, 11) is 1.56. The summed E-state index contributed by atoms with van der Waals surface area (Å²) in [6, 6.07) is 1.74. The molecule has 0 unspecified atom stereocenters. The quantitative estimate of drug-likeness (QED) is 0.744. The number of H-pyrrole nitrogens is 1. The van der Waals surface area contributed by atoms with Crippen LogP contribution in [-0.2, 0) is 11.3 Å². The Hall–Kier alpha value is -2.48. The third kappa shape index (κ3) is 2.13. The van der Waals surface area contributed by atoms with Crippen molar-refractivity contribution in [1.29, 1.82) is 0 Å². The first-order chi connectivity index (χ1) is 9.28. The van der Waals surface area contributed by atoms with Gasteiger partial charge in [0.2, 0.25) is 5.95 Å². The topological polar surface area (TPSA) is 80.1 Å². The lowest BCUT2D eigenvalue weighted by molar-refractivity contribution is 0.182. The molecule has 0 radical (unpaired) electrons. The molecule has 0 bridgehead atoms. The van der Waals surface area contributed by atoms with Gasteiger partial charge in [0, 0.05) is 25.6 Å². The summed E-state index contributed by atoms with van der Waals surface area (Å²) in [5.41, 5.74) is 0.819. The highest BCUT2D eigenvalue weighted by molar-refractivity contribution is 5.53. The van der Waals surface area contributed by atoms with E-state index in [1.807, 2.05) is 0 Å². The number of ether oxygens (including phenoxy) is 1. The summed E-state index contributed by atoms with van der Waals surface area (Å²) in [5, 5.41) is 9.60. The molecule has 0 aliphatic carbocycles. The van der Waals surface area contributed by atoms with Crippen molar-refractivity contribution < 1.29 is 9.13 Å². The van der Waals surface area contributed by atoms with Crippen LogP contribution in [0.25, 0.3) is 5.65 Å². The van der Waals surface area contributed by atoms with Crippen molar-refractivity contribution >= 4 is 17.4 Å². The summed E-state index contributed by atoms with van der Waals surface area (Å²) >= 11 is 0. The summed E-state index contributed by atoms with van der Waals surface area (Å²) in [5.74, 6) is 0.524. The molecule has 3 heterocycles. The smallest absolute Gasteiger partial charge is 0.214 e. The lowest BCUT2D eigenvalue weighted by Gasteiger charge is -2.04. The van der Waals surface area contributed by atoms with Crippen molar-refractivity contribution in [2.24, 2.45) is 0 Å². The molecule has 2 N–H and O–H groups in total. The van der Waals surface area contributed by atoms with Gasteiger partial charge in [-0.1, -0.05) is 0 Å². The molecule has 7 nitrogen and oxygen atoms in total. The van der Waals surface area contributed by atoms with Crippen LogP contribution in [0.3, 0.4) is 0 Å². The third-order valence-electron chi connectivity index (χ3n) is 2.53. The molecule has 0 saturated carbocycles. The number of nitrogens with one attached hydrogen (secondary N) is 2. The monoisotopic (exact) mass is 262 g/mol. The minimum absolute atomic E-state index is 0.195. The molecule has 98 valence electrons. The number of anilines is 2. The number of aromatic amines is 1. The van der Waals surface area contributed by atoms with Crippen molar-refractivity contribution in [3.8, 4) is 0 Å². The molecule has 0 fully saturated rings. The molecule has 0 amide bonds. The zero-order valence-corrected chi connectivity index (χ0v) is 10.1. The van der Waals surface area contributed by atoms with Crippen LogP contribution in [0, 0.1) is 5.82 Å². The molecule has 0 aliphatic heterocycles. The highest BCUT2D eigenvalue weighted by Crippen LogP contribution is 2.17. The number of imidazole rings is 1. The Morgan fingerprint density at radius 2 is 2.42 bits per heavy atom. The number of methoxy groups -OCH3 is 1. The first kappa shape index (κ1) is 11.6. The third-order valence-corrected chi connectivity index (χ3v) is 2.53. The van der Waals surface area contributed by atoms with Gasteiger partial charge in [-0.2, -0.15) is 5.10 Å². The predicted molar refractivity (Wildman–Crippen MR) is 65.5 cm³/mol. The predicted octanol–water partition coefficient (Wildman–Crippen LogP) is 1.48. The van der Waals surface area contributed by atoms with E-state index >= 15 is 0 Å². The minimum atomic E-state index is -0.491. The maximum atomic E-state index is 13.7. The second-order valence-electron chi connectivity index (χ2n) is 3.87. The maximum absolute atomic E-state index is 13.7. The van der Waals surface area contributed by atoms with Gasteiger partial charge >= 0.3 is 0 Å². The summed E-state index contributed by atoms with van der Waals surface area (Å²) < 4.78 is 20.2. The number of hydrogen-bond acceptors (Lipinski definition) is 5. The van der Waals surface area contributed by atoms with E-state index in [1.165, 1.54) is 4.40 Å². The second kappa shape index (κ2) is 4.65. The number of aromatic nitrogens is 5. The van der Waals surface area contributed by atoms with E-state index in [2.05, 4.69) is 25.5 Å². The second-order valence-corrected chi connectivity index (χ2v) is 3.87. The lowest BCUT2D eigenvalue weighted by atomic mass is 10.5. The van der Waals surface area contributed by atoms with Crippen molar-refractivity contribution in [2.45, 2.75) is 6.61 Å². The van der Waals surface area contributed by atoms with E-state index in [9.17, 15) is 4.39 Å². The van der Waals surface area contributed by atoms with E-state index in [-0.39, 0.29) is 5.65 Å². The molecular formula is C11H11FN6O. The molecule has 0 atom stereocenters. The molecule has 8 heteroatoms. The van der Waals surface area contributed by atoms with E-state index in [4.69, 9.17) is 4.74 Å². The number of halogens is 1. The SMILES string of the molecule is COCc1cn2c(Nc3cc[nH]n3)ncc(F)c2n1. The highest BCUT2D eigenvalue weighted by atomic mass is 19.1. The zero-order valence-electron chi connectivity index (χ0n) is 10.1. The van der Waals surface area contributed by atoms with Gasteiger partial charge in [-0.25, -0.2) is 14.4 Å². The van der Waals surface area contributed by atoms with Gasteiger partial charge < -0.3 is 10.1 Å². The minimum Gasteiger partial charge on any atom is -0.378 e. The number of nitrogens with zero attached hydrogens (tertiary/aromatic N) is 4. The summed E-state index contributed by atoms with van der Waals surface area (Å²) in [4.78, 5) is 8.14. The number of rotatable bonds is 4. The standard InChI is InChI=1S/C11H11FN6O/c1-19-6-7-5-18-10(15-7)8(12)4-13-11(18)16-9-2-3-14-17-9/h2-5H,6H2,1H3,(H2,13,14,16,17). The van der Waals surface area contributed by atoms with Crippen molar-refractivity contribution in [1.82, 2.24) is 24.6 Å². The van der Waals surface area contributed by atoms with Gasteiger partial charge in [-0.3, -0.25) is 9.50 Å². The van der Waals surface area contributed by atoms with Gasteiger partial charge in [0.15, 0.2) is 17.3 Å². The fourth-order valence-electron chi connectivity index (χ4n) is 1.75. The van der Waals surface area contributed by atoms with E-state index in [0.29, 0.717) is 24.1 Å². The van der Waals surface area contributed by atoms with Gasteiger partial charge in [0.25, 0.3) is 0 Å². The first-order valence-corrected chi connectivity index (χ1v) is 5.56. The van der Waals surface area contributed by atoms with Crippen molar-refractivity contribution in [2.75, 3.05) is 12.4 Å². The fourth-order valence-corrected chi connectivity index (χ4v) is 1.75. The Bertz CT molecular complexity index is 693. The highest BCUT2D eigenvalue weighted by Gasteiger charge is 2.11. The molecular weight excluding hydrogens is 251 g/mol. The molecule has 3 aromatic heterocycles. The van der Waals surface area contributed by atoms with E-state index < -0.39 is 5.82 Å². The molecule has 0 saturated heterocycles. The Morgan fingerprint density at radius 1 is 1.53 bits per heavy atom. The molecule has 3 aromatic rings. The summed E-state index contributed by atoms with van der Waals surface area (Å²) in [6.07, 6.45) is 4.46. The van der Waals surface area contributed by atoms with Gasteiger partial charge in [0.1, 0.15) is 0 Å². The van der Waals surface area contributed by atoms with Gasteiger partial charge in [-0.05, 0) is 0 Å². The molecule has 0 spiro atoms. The molecule has 19 heavy (non-hydrogen) atoms. The van der Waals surface area contributed by atoms with Crippen molar-refractivity contribution in [3.05, 3.63) is 36.2 Å². The molecule has 3 rings (SSSR count). The van der Waals surface area contributed by atoms with Crippen LogP contribution in [0.2, 0.25) is 0 Å². The molecule has 0 aliphatic rings. The van der Waals surface area contributed by atoms with Crippen LogP contribution in [0.5, 0.6) is 0 Å². The van der Waals surface area contributed by atoms with E-state index in [1.54, 1.807) is 25.6 Å².